The highest BCUT2D eigenvalue weighted by atomic mass is 19.4. The normalized spacial score (nSPS) is 17.4. The first-order valence-corrected chi connectivity index (χ1v) is 11.7. The number of halogens is 3. The average molecular weight is 502 g/mol. The highest BCUT2D eigenvalue weighted by molar-refractivity contribution is 5.69. The van der Waals surface area contributed by atoms with Crippen LogP contribution in [0.3, 0.4) is 0 Å². The van der Waals surface area contributed by atoms with Crippen molar-refractivity contribution >= 4 is 5.69 Å². The van der Waals surface area contributed by atoms with E-state index in [-0.39, 0.29) is 5.69 Å². The minimum atomic E-state index is -4.70. The van der Waals surface area contributed by atoms with E-state index in [0.717, 1.165) is 16.3 Å². The summed E-state index contributed by atoms with van der Waals surface area (Å²) in [6, 6.07) is 8.83. The summed E-state index contributed by atoms with van der Waals surface area (Å²) in [7, 11) is 3.02. The van der Waals surface area contributed by atoms with E-state index in [1.54, 1.807) is 23.1 Å². The first kappa shape index (κ1) is 24.2. The molecule has 1 N–H and O–H groups in total. The van der Waals surface area contributed by atoms with Crippen LogP contribution in [0, 0.1) is 0 Å². The van der Waals surface area contributed by atoms with Crippen LogP contribution in [0.15, 0.2) is 41.2 Å². The molecular weight excluding hydrogens is 475 g/mol. The maximum Gasteiger partial charge on any atom is 0.418 e. The van der Waals surface area contributed by atoms with Crippen molar-refractivity contribution in [3.05, 3.63) is 63.4 Å². The summed E-state index contributed by atoms with van der Waals surface area (Å²) in [5, 5.41) is 14.4. The van der Waals surface area contributed by atoms with Gasteiger partial charge < -0.3 is 19.5 Å². The number of alkyl halides is 3. The van der Waals surface area contributed by atoms with E-state index >= 15 is 0 Å². The standard InChI is InChI=1S/C26H26F3N3O4/c1-35-18-10-15(11-19(13-18)36-2)24-20-4-3-5-21(20)25(34)32(30-24)23-12-16(31-9-8-17(33)14-31)6-7-22(23)26(27,28)29/h6-7,10-13,17,33H,3-5,8-9,14H2,1-2H3/t17-/m0/s1. The number of hydrogen-bond donors (Lipinski definition) is 1. The van der Waals surface area contributed by atoms with Crippen molar-refractivity contribution in [1.82, 2.24) is 9.78 Å². The zero-order valence-corrected chi connectivity index (χ0v) is 19.9. The number of hydrogen-bond acceptors (Lipinski definition) is 6. The van der Waals surface area contributed by atoms with Crippen LogP contribution in [0.5, 0.6) is 11.5 Å². The Balaban J connectivity index is 1.75. The molecule has 36 heavy (non-hydrogen) atoms. The molecule has 2 aliphatic rings. The highest BCUT2D eigenvalue weighted by Gasteiger charge is 2.36. The molecule has 1 aromatic heterocycles. The Morgan fingerprint density at radius 1 is 1.03 bits per heavy atom. The molecule has 1 fully saturated rings. The van der Waals surface area contributed by atoms with E-state index in [9.17, 15) is 23.1 Å². The smallest absolute Gasteiger partial charge is 0.418 e. The van der Waals surface area contributed by atoms with Crippen LogP contribution in [0.2, 0.25) is 0 Å². The lowest BCUT2D eigenvalue weighted by Crippen LogP contribution is -2.29. The Kier molecular flexibility index (Phi) is 6.15. The number of nitrogens with zero attached hydrogens (tertiary/aromatic N) is 3. The molecule has 1 atom stereocenters. The number of aromatic nitrogens is 2. The molecule has 1 aliphatic heterocycles. The number of benzene rings is 2. The van der Waals surface area contributed by atoms with Crippen molar-refractivity contribution < 1.29 is 27.8 Å². The van der Waals surface area contributed by atoms with Crippen LogP contribution < -0.4 is 19.9 Å². The fraction of sp³-hybridized carbons (Fsp3) is 0.385. The summed E-state index contributed by atoms with van der Waals surface area (Å²) in [5.74, 6) is 1.00. The molecule has 1 saturated heterocycles. The number of fused-ring (bicyclic) bond motifs is 1. The Bertz CT molecular complexity index is 1350. The molecule has 0 unspecified atom stereocenters. The van der Waals surface area contributed by atoms with Gasteiger partial charge in [-0.3, -0.25) is 4.79 Å². The number of aliphatic hydroxyl groups excluding tert-OH is 1. The predicted molar refractivity (Wildman–Crippen MR) is 128 cm³/mol. The number of rotatable bonds is 5. The first-order chi connectivity index (χ1) is 17.2. The molecule has 0 spiro atoms. The molecule has 1 aliphatic carbocycles. The molecule has 0 radical (unpaired) electrons. The molecule has 190 valence electrons. The van der Waals surface area contributed by atoms with E-state index in [4.69, 9.17) is 9.47 Å². The summed E-state index contributed by atoms with van der Waals surface area (Å²) in [6.45, 7) is 0.819. The van der Waals surface area contributed by atoms with Crippen LogP contribution in [0.25, 0.3) is 16.9 Å². The van der Waals surface area contributed by atoms with Gasteiger partial charge in [0.1, 0.15) is 11.5 Å². The van der Waals surface area contributed by atoms with Crippen molar-refractivity contribution in [2.24, 2.45) is 0 Å². The molecule has 0 saturated carbocycles. The van der Waals surface area contributed by atoms with Gasteiger partial charge in [0.15, 0.2) is 0 Å². The van der Waals surface area contributed by atoms with Gasteiger partial charge in [-0.2, -0.15) is 23.0 Å². The second-order valence-electron chi connectivity index (χ2n) is 9.07. The zero-order valence-electron chi connectivity index (χ0n) is 19.9. The third-order valence-electron chi connectivity index (χ3n) is 6.82. The third-order valence-corrected chi connectivity index (χ3v) is 6.82. The van der Waals surface area contributed by atoms with Gasteiger partial charge in [-0.25, -0.2) is 0 Å². The fourth-order valence-corrected chi connectivity index (χ4v) is 5.02. The third kappa shape index (κ3) is 4.30. The molecule has 3 aromatic rings. The second kappa shape index (κ2) is 9.16. The van der Waals surface area contributed by atoms with Gasteiger partial charge in [-0.05, 0) is 61.6 Å². The number of methoxy groups -OCH3 is 2. The number of anilines is 1. The molecule has 0 amide bonds. The lowest BCUT2D eigenvalue weighted by molar-refractivity contribution is -0.137. The van der Waals surface area contributed by atoms with Crippen LogP contribution in [0.4, 0.5) is 18.9 Å². The second-order valence-corrected chi connectivity index (χ2v) is 9.07. The number of aliphatic hydroxyl groups is 1. The summed E-state index contributed by atoms with van der Waals surface area (Å²) >= 11 is 0. The monoisotopic (exact) mass is 501 g/mol. The molecule has 2 heterocycles. The maximum atomic E-state index is 14.1. The quantitative estimate of drug-likeness (QED) is 0.570. The summed E-state index contributed by atoms with van der Waals surface area (Å²) in [5.41, 5.74) is 0.874. The highest BCUT2D eigenvalue weighted by Crippen LogP contribution is 2.38. The van der Waals surface area contributed by atoms with Gasteiger partial charge in [-0.1, -0.05) is 0 Å². The van der Waals surface area contributed by atoms with Gasteiger partial charge in [0.2, 0.25) is 0 Å². The van der Waals surface area contributed by atoms with Crippen LogP contribution in [0.1, 0.15) is 29.5 Å². The number of ether oxygens (including phenoxy) is 2. The van der Waals surface area contributed by atoms with Gasteiger partial charge in [0, 0.05) is 36.0 Å². The summed E-state index contributed by atoms with van der Waals surface area (Å²) < 4.78 is 53.9. The van der Waals surface area contributed by atoms with Gasteiger partial charge in [0.25, 0.3) is 5.56 Å². The minimum Gasteiger partial charge on any atom is -0.497 e. The predicted octanol–water partition coefficient (Wildman–Crippen LogP) is 4.00. The van der Waals surface area contributed by atoms with E-state index < -0.39 is 23.4 Å². The van der Waals surface area contributed by atoms with Crippen molar-refractivity contribution in [3.8, 4) is 28.4 Å². The lowest BCUT2D eigenvalue weighted by atomic mass is 10.0. The van der Waals surface area contributed by atoms with Crippen LogP contribution in [-0.4, -0.2) is 48.3 Å². The van der Waals surface area contributed by atoms with Crippen molar-refractivity contribution in [1.29, 1.82) is 0 Å². The van der Waals surface area contributed by atoms with Gasteiger partial charge in [-0.15, -0.1) is 0 Å². The Labute approximate surface area is 205 Å². The molecular formula is C26H26F3N3O4. The van der Waals surface area contributed by atoms with E-state index in [1.807, 2.05) is 0 Å². The zero-order chi connectivity index (χ0) is 25.6. The Morgan fingerprint density at radius 2 is 1.72 bits per heavy atom. The van der Waals surface area contributed by atoms with E-state index in [0.29, 0.717) is 72.8 Å². The SMILES string of the molecule is COc1cc(OC)cc(-c2nn(-c3cc(N4CC[C@H](O)C4)ccc3C(F)(F)F)c(=O)c3c2CCC3)c1. The first-order valence-electron chi connectivity index (χ1n) is 11.7. The summed E-state index contributed by atoms with van der Waals surface area (Å²) in [6.07, 6.45) is -2.95. The molecule has 0 bridgehead atoms. The fourth-order valence-electron chi connectivity index (χ4n) is 5.02. The van der Waals surface area contributed by atoms with Crippen LogP contribution in [-0.2, 0) is 19.0 Å². The van der Waals surface area contributed by atoms with Crippen molar-refractivity contribution in [3.63, 3.8) is 0 Å². The Hall–Kier alpha value is -3.53. The van der Waals surface area contributed by atoms with E-state index in [1.165, 1.54) is 26.4 Å². The van der Waals surface area contributed by atoms with Gasteiger partial charge >= 0.3 is 6.18 Å². The van der Waals surface area contributed by atoms with Crippen molar-refractivity contribution in [2.45, 2.75) is 38.0 Å². The maximum absolute atomic E-state index is 14.1. The lowest BCUT2D eigenvalue weighted by Gasteiger charge is -2.22. The molecule has 7 nitrogen and oxygen atoms in total. The van der Waals surface area contributed by atoms with Crippen molar-refractivity contribution in [2.75, 3.05) is 32.2 Å². The number of β-amino-alcohol motifs (C(OH)–C–C–N with tert-alkyl or cyclic N) is 1. The van der Waals surface area contributed by atoms with Gasteiger partial charge in [0.05, 0.1) is 37.3 Å². The topological polar surface area (TPSA) is 76.8 Å². The Morgan fingerprint density at radius 3 is 2.33 bits per heavy atom. The van der Waals surface area contributed by atoms with Crippen LogP contribution >= 0.6 is 0 Å². The molecule has 5 rings (SSSR count). The van der Waals surface area contributed by atoms with E-state index in [2.05, 4.69) is 5.10 Å². The minimum absolute atomic E-state index is 0.312. The molecule has 10 heteroatoms. The molecule has 2 aromatic carbocycles. The largest absolute Gasteiger partial charge is 0.497 e. The summed E-state index contributed by atoms with van der Waals surface area (Å²) in [4.78, 5) is 15.3. The average Bonchev–Trinajstić information content (AvgIpc) is 3.53.